The number of benzene rings is 10. The molecule has 13 rings (SSSR count). The van der Waals surface area contributed by atoms with E-state index in [-0.39, 0.29) is 12.3 Å². The number of rotatable bonds is 5. The Morgan fingerprint density at radius 3 is 1.65 bits per heavy atom. The van der Waals surface area contributed by atoms with Crippen molar-refractivity contribution in [3.8, 4) is 11.4 Å². The normalized spacial score (nSPS) is 15.6. The smallest absolute Gasteiger partial charge is 0.131 e. The summed E-state index contributed by atoms with van der Waals surface area (Å²) in [6.45, 7) is 0. The Bertz CT molecular complexity index is 3770. The van der Waals surface area contributed by atoms with Crippen molar-refractivity contribution < 1.29 is 0 Å². The Morgan fingerprint density at radius 1 is 0.371 bits per heavy atom. The molecule has 2 unspecified atom stereocenters. The summed E-state index contributed by atoms with van der Waals surface area (Å²) in [7, 11) is 0. The van der Waals surface area contributed by atoms with Crippen LogP contribution in [0.3, 0.4) is 0 Å². The van der Waals surface area contributed by atoms with Gasteiger partial charge in [-0.1, -0.05) is 158 Å². The van der Waals surface area contributed by atoms with Gasteiger partial charge in [-0.15, -0.1) is 0 Å². The summed E-state index contributed by atoms with van der Waals surface area (Å²) >= 11 is 0. The zero-order chi connectivity index (χ0) is 40.7. The molecule has 292 valence electrons. The summed E-state index contributed by atoms with van der Waals surface area (Å²) in [5.41, 5.74) is 10.3. The molecule has 0 saturated heterocycles. The predicted molar refractivity (Wildman–Crippen MR) is 259 cm³/mol. The molecule has 12 aromatic rings. The van der Waals surface area contributed by atoms with E-state index in [0.29, 0.717) is 0 Å². The molecular formula is C57H39N5. The van der Waals surface area contributed by atoms with Crippen molar-refractivity contribution in [1.82, 2.24) is 19.8 Å². The number of hydrogen-bond donors (Lipinski definition) is 2. The molecule has 2 aromatic heterocycles. The number of amidine groups is 1. The van der Waals surface area contributed by atoms with Gasteiger partial charge in [0.1, 0.15) is 18.2 Å². The van der Waals surface area contributed by atoms with E-state index in [1.54, 1.807) is 0 Å². The molecule has 1 aliphatic heterocycles. The van der Waals surface area contributed by atoms with Gasteiger partial charge in [0.15, 0.2) is 0 Å². The maximum atomic E-state index is 5.37. The van der Waals surface area contributed by atoms with Gasteiger partial charge in [0, 0.05) is 38.5 Å². The minimum Gasteiger partial charge on any atom is -0.350 e. The van der Waals surface area contributed by atoms with Gasteiger partial charge in [-0.2, -0.15) is 0 Å². The highest BCUT2D eigenvalue weighted by molar-refractivity contribution is 6.16. The van der Waals surface area contributed by atoms with Crippen LogP contribution in [0.25, 0.3) is 87.3 Å². The van der Waals surface area contributed by atoms with Crippen molar-refractivity contribution >= 4 is 81.8 Å². The molecule has 10 aromatic carbocycles. The van der Waals surface area contributed by atoms with Crippen molar-refractivity contribution in [3.63, 3.8) is 0 Å². The first-order valence-electron chi connectivity index (χ1n) is 21.3. The molecule has 0 radical (unpaired) electrons. The van der Waals surface area contributed by atoms with Crippen molar-refractivity contribution in [3.05, 3.63) is 229 Å². The molecule has 2 N–H and O–H groups in total. The number of fused-ring (bicyclic) bond motifs is 9. The van der Waals surface area contributed by atoms with Crippen LogP contribution in [0.2, 0.25) is 0 Å². The van der Waals surface area contributed by atoms with E-state index in [0.717, 1.165) is 44.8 Å². The minimum atomic E-state index is -0.296. The van der Waals surface area contributed by atoms with Gasteiger partial charge in [-0.05, 0) is 98.0 Å². The Kier molecular flexibility index (Phi) is 7.74. The molecular weight excluding hydrogens is 755 g/mol. The maximum absolute atomic E-state index is 5.37. The summed E-state index contributed by atoms with van der Waals surface area (Å²) < 4.78 is 4.92. The van der Waals surface area contributed by atoms with Crippen LogP contribution in [-0.2, 0) is 0 Å². The van der Waals surface area contributed by atoms with E-state index in [1.807, 2.05) is 0 Å². The standard InChI is InChI=1S/C57H39N5/c1-3-14-37(15-4-1)55-58-56(38-16-5-2-6-17-38)60-57(59-55)47-24-13-22-36-26-27-43(34-48(36)47)62-53-33-42-21-10-8-19-40(42)31-50(53)46-29-28-44(35-54(46)62)61-51-25-12-11-23-45(51)49-30-39-18-7-9-20-41(39)32-52(49)61/h1-35,55,57,59H,(H,58,60). The fourth-order valence-corrected chi connectivity index (χ4v) is 9.98. The number of nitrogens with zero attached hydrogens (tertiary/aromatic N) is 3. The van der Waals surface area contributed by atoms with Gasteiger partial charge in [0.25, 0.3) is 0 Å². The van der Waals surface area contributed by atoms with Gasteiger partial charge < -0.3 is 14.5 Å². The highest BCUT2D eigenvalue weighted by Crippen LogP contribution is 2.40. The third kappa shape index (κ3) is 5.49. The average Bonchev–Trinajstić information content (AvgIpc) is 3.83. The maximum Gasteiger partial charge on any atom is 0.131 e. The molecule has 5 heteroatoms. The van der Waals surface area contributed by atoms with Crippen LogP contribution in [0, 0.1) is 0 Å². The van der Waals surface area contributed by atoms with Crippen LogP contribution in [-0.4, -0.2) is 15.0 Å². The van der Waals surface area contributed by atoms with E-state index in [1.165, 1.54) is 65.0 Å². The molecule has 0 amide bonds. The lowest BCUT2D eigenvalue weighted by molar-refractivity contribution is 0.410. The van der Waals surface area contributed by atoms with Crippen molar-refractivity contribution in [2.24, 2.45) is 4.99 Å². The predicted octanol–water partition coefficient (Wildman–Crippen LogP) is 13.7. The van der Waals surface area contributed by atoms with E-state index >= 15 is 0 Å². The quantitative estimate of drug-likeness (QED) is 0.182. The molecule has 0 fully saturated rings. The summed E-state index contributed by atoms with van der Waals surface area (Å²) in [5, 5.41) is 19.8. The molecule has 0 spiro atoms. The van der Waals surface area contributed by atoms with Crippen molar-refractivity contribution in [1.29, 1.82) is 0 Å². The van der Waals surface area contributed by atoms with Gasteiger partial charge >= 0.3 is 0 Å². The van der Waals surface area contributed by atoms with Gasteiger partial charge in [-0.25, -0.2) is 4.99 Å². The highest BCUT2D eigenvalue weighted by atomic mass is 15.3. The molecule has 2 atom stereocenters. The van der Waals surface area contributed by atoms with Crippen LogP contribution in [0.1, 0.15) is 29.0 Å². The average molecular weight is 794 g/mol. The molecule has 0 saturated carbocycles. The van der Waals surface area contributed by atoms with Gasteiger partial charge in [-0.3, -0.25) is 5.32 Å². The first-order valence-corrected chi connectivity index (χ1v) is 21.3. The van der Waals surface area contributed by atoms with Gasteiger partial charge in [0.2, 0.25) is 0 Å². The number of aromatic nitrogens is 2. The summed E-state index contributed by atoms with van der Waals surface area (Å²) in [6, 6.07) is 77.2. The molecule has 5 nitrogen and oxygen atoms in total. The van der Waals surface area contributed by atoms with E-state index < -0.39 is 0 Å². The first kappa shape index (κ1) is 34.8. The van der Waals surface area contributed by atoms with Crippen LogP contribution < -0.4 is 10.6 Å². The topological polar surface area (TPSA) is 46.3 Å². The number of para-hydroxylation sites is 1. The Labute approximate surface area is 357 Å². The molecule has 3 heterocycles. The monoisotopic (exact) mass is 793 g/mol. The summed E-state index contributed by atoms with van der Waals surface area (Å²) in [6.07, 6.45) is -0.425. The minimum absolute atomic E-state index is 0.129. The van der Waals surface area contributed by atoms with Crippen molar-refractivity contribution in [2.45, 2.75) is 12.3 Å². The fourth-order valence-electron chi connectivity index (χ4n) is 9.98. The molecule has 62 heavy (non-hydrogen) atoms. The Balaban J connectivity index is 1.04. The SMILES string of the molecule is c1ccc(C2=NC(c3cccc4ccc(-n5c6cc(-n7c8ccccc8c8cc9ccccc9cc87)ccc6c6cc7ccccc7cc65)cc34)NC(c3ccccc3)N2)cc1. The largest absolute Gasteiger partial charge is 0.350 e. The first-order chi connectivity index (χ1) is 30.7. The molecule has 0 aliphatic carbocycles. The second-order valence-corrected chi connectivity index (χ2v) is 16.5. The van der Waals surface area contributed by atoms with Crippen molar-refractivity contribution in [2.75, 3.05) is 0 Å². The lowest BCUT2D eigenvalue weighted by Gasteiger charge is -2.32. The fraction of sp³-hybridized carbons (Fsp3) is 0.0351. The van der Waals surface area contributed by atoms with E-state index in [2.05, 4.69) is 232 Å². The van der Waals surface area contributed by atoms with Gasteiger partial charge in [0.05, 0.1) is 22.1 Å². The third-order valence-electron chi connectivity index (χ3n) is 12.9. The Hall–Kier alpha value is -7.99. The molecule has 0 bridgehead atoms. The van der Waals surface area contributed by atoms with E-state index in [9.17, 15) is 0 Å². The molecule has 1 aliphatic rings. The lowest BCUT2D eigenvalue weighted by Crippen LogP contribution is -2.45. The number of hydrogen-bond acceptors (Lipinski definition) is 3. The second kappa shape index (κ2) is 13.8. The summed E-state index contributed by atoms with van der Waals surface area (Å²) in [5.74, 6) is 0.872. The zero-order valence-electron chi connectivity index (χ0n) is 33.7. The number of nitrogens with one attached hydrogen (secondary N) is 2. The second-order valence-electron chi connectivity index (χ2n) is 16.5. The number of aliphatic imine (C=N–C) groups is 1. The lowest BCUT2D eigenvalue weighted by atomic mass is 10.00. The highest BCUT2D eigenvalue weighted by Gasteiger charge is 2.27. The third-order valence-corrected chi connectivity index (χ3v) is 12.9. The van der Waals surface area contributed by atoms with Crippen LogP contribution >= 0.6 is 0 Å². The van der Waals surface area contributed by atoms with Crippen LogP contribution in [0.5, 0.6) is 0 Å². The summed E-state index contributed by atoms with van der Waals surface area (Å²) in [4.78, 5) is 5.37. The van der Waals surface area contributed by atoms with E-state index in [4.69, 9.17) is 4.99 Å². The van der Waals surface area contributed by atoms with Crippen LogP contribution in [0.15, 0.2) is 217 Å². The zero-order valence-corrected chi connectivity index (χ0v) is 33.7. The van der Waals surface area contributed by atoms with Crippen LogP contribution in [0.4, 0.5) is 0 Å². The Morgan fingerprint density at radius 2 is 0.919 bits per heavy atom.